The molecule has 3 heteroatoms. The van der Waals surface area contributed by atoms with E-state index in [-0.39, 0.29) is 5.97 Å². The van der Waals surface area contributed by atoms with Crippen LogP contribution in [0.4, 0.5) is 0 Å². The summed E-state index contributed by atoms with van der Waals surface area (Å²) >= 11 is 0. The summed E-state index contributed by atoms with van der Waals surface area (Å²) in [7, 11) is 0. The van der Waals surface area contributed by atoms with Gasteiger partial charge in [-0.3, -0.25) is 4.79 Å². The van der Waals surface area contributed by atoms with Crippen molar-refractivity contribution >= 4 is 5.97 Å². The molecule has 0 spiro atoms. The molecular weight excluding hydrogens is 202 g/mol. The highest BCUT2D eigenvalue weighted by molar-refractivity contribution is 5.77. The molecule has 16 heavy (non-hydrogen) atoms. The molecule has 1 saturated carbocycles. The molecule has 0 atom stereocenters. The van der Waals surface area contributed by atoms with E-state index in [1.54, 1.807) is 0 Å². The van der Waals surface area contributed by atoms with Gasteiger partial charge in [0.05, 0.1) is 12.0 Å². The lowest BCUT2D eigenvalue weighted by atomic mass is 9.82. The fourth-order valence-corrected chi connectivity index (χ4v) is 2.43. The minimum Gasteiger partial charge on any atom is -0.465 e. The minimum atomic E-state index is -0.446. The lowest BCUT2D eigenvalue weighted by Crippen LogP contribution is -2.39. The second kappa shape index (κ2) is 6.24. The zero-order valence-corrected chi connectivity index (χ0v) is 10.6. The van der Waals surface area contributed by atoms with Gasteiger partial charge in [-0.1, -0.05) is 26.7 Å². The summed E-state index contributed by atoms with van der Waals surface area (Å²) in [5.74, 6) is 0.500. The van der Waals surface area contributed by atoms with Crippen LogP contribution in [0.1, 0.15) is 52.4 Å². The Balaban J connectivity index is 2.42. The molecule has 0 amide bonds. The quantitative estimate of drug-likeness (QED) is 0.709. The average Bonchev–Trinajstić information content (AvgIpc) is 2.82. The molecule has 1 rings (SSSR count). The first-order valence-corrected chi connectivity index (χ1v) is 6.55. The van der Waals surface area contributed by atoms with Gasteiger partial charge < -0.3 is 10.5 Å². The van der Waals surface area contributed by atoms with Gasteiger partial charge in [-0.15, -0.1) is 0 Å². The molecular formula is C13H25NO2. The van der Waals surface area contributed by atoms with Crippen molar-refractivity contribution in [3.63, 3.8) is 0 Å². The number of hydrogen-bond acceptors (Lipinski definition) is 3. The summed E-state index contributed by atoms with van der Waals surface area (Å²) in [6.45, 7) is 5.00. The number of hydrogen-bond donors (Lipinski definition) is 1. The fourth-order valence-electron chi connectivity index (χ4n) is 2.43. The Bertz CT molecular complexity index is 210. The number of carbonyl (C=O) groups excluding carboxylic acids is 1. The Morgan fingerprint density at radius 1 is 1.31 bits per heavy atom. The molecule has 1 aliphatic carbocycles. The molecule has 0 aromatic carbocycles. The molecule has 1 aliphatic rings. The van der Waals surface area contributed by atoms with Crippen LogP contribution in [0, 0.1) is 11.3 Å². The number of nitrogens with two attached hydrogens (primary N) is 1. The Hall–Kier alpha value is -0.570. The van der Waals surface area contributed by atoms with E-state index in [2.05, 4.69) is 0 Å². The van der Waals surface area contributed by atoms with Crippen LogP contribution in [0.15, 0.2) is 0 Å². The molecule has 0 heterocycles. The van der Waals surface area contributed by atoms with Crippen molar-refractivity contribution in [2.45, 2.75) is 52.4 Å². The smallest absolute Gasteiger partial charge is 0.313 e. The van der Waals surface area contributed by atoms with Gasteiger partial charge in [0.15, 0.2) is 0 Å². The van der Waals surface area contributed by atoms with E-state index in [1.807, 2.05) is 13.8 Å². The zero-order valence-electron chi connectivity index (χ0n) is 10.6. The van der Waals surface area contributed by atoms with Crippen molar-refractivity contribution in [3.05, 3.63) is 0 Å². The van der Waals surface area contributed by atoms with E-state index in [0.717, 1.165) is 12.8 Å². The molecule has 1 fully saturated rings. The van der Waals surface area contributed by atoms with Crippen molar-refractivity contribution in [2.24, 2.45) is 17.1 Å². The topological polar surface area (TPSA) is 52.3 Å². The van der Waals surface area contributed by atoms with Gasteiger partial charge in [0.1, 0.15) is 0 Å². The van der Waals surface area contributed by atoms with Crippen molar-refractivity contribution in [1.82, 2.24) is 0 Å². The molecule has 2 N–H and O–H groups in total. The monoisotopic (exact) mass is 227 g/mol. The molecule has 0 radical (unpaired) electrons. The zero-order chi connectivity index (χ0) is 12.0. The molecule has 0 aromatic heterocycles. The molecule has 0 aromatic rings. The van der Waals surface area contributed by atoms with Gasteiger partial charge in [-0.2, -0.15) is 0 Å². The van der Waals surface area contributed by atoms with Crippen LogP contribution < -0.4 is 5.73 Å². The van der Waals surface area contributed by atoms with Gasteiger partial charge in [0.25, 0.3) is 0 Å². The van der Waals surface area contributed by atoms with Crippen LogP contribution in [-0.2, 0) is 9.53 Å². The molecule has 0 aliphatic heterocycles. The summed E-state index contributed by atoms with van der Waals surface area (Å²) in [5.41, 5.74) is 5.27. The standard InChI is InChI=1S/C13H25NO2/c1-3-13(4-2,10-14)12(15)16-9-11-7-5-6-8-11/h11H,3-10,14H2,1-2H3. The average molecular weight is 227 g/mol. The van der Waals surface area contributed by atoms with Crippen molar-refractivity contribution in [1.29, 1.82) is 0 Å². The van der Waals surface area contributed by atoms with Gasteiger partial charge in [0.2, 0.25) is 0 Å². The molecule has 3 nitrogen and oxygen atoms in total. The maximum atomic E-state index is 12.0. The summed E-state index contributed by atoms with van der Waals surface area (Å²) < 4.78 is 5.45. The molecule has 0 bridgehead atoms. The lowest BCUT2D eigenvalue weighted by molar-refractivity contribution is -0.157. The summed E-state index contributed by atoms with van der Waals surface area (Å²) in [6.07, 6.45) is 6.52. The maximum absolute atomic E-state index is 12.0. The van der Waals surface area contributed by atoms with E-state index in [4.69, 9.17) is 10.5 Å². The second-order valence-corrected chi connectivity index (χ2v) is 4.94. The predicted molar refractivity (Wildman–Crippen MR) is 65.0 cm³/mol. The van der Waals surface area contributed by atoms with Crippen LogP contribution in [0.2, 0.25) is 0 Å². The van der Waals surface area contributed by atoms with E-state index in [9.17, 15) is 4.79 Å². The van der Waals surface area contributed by atoms with Crippen molar-refractivity contribution < 1.29 is 9.53 Å². The summed E-state index contributed by atoms with van der Waals surface area (Å²) in [6, 6.07) is 0. The summed E-state index contributed by atoms with van der Waals surface area (Å²) in [4.78, 5) is 12.0. The Morgan fingerprint density at radius 3 is 2.31 bits per heavy atom. The van der Waals surface area contributed by atoms with Gasteiger partial charge in [-0.25, -0.2) is 0 Å². The van der Waals surface area contributed by atoms with Crippen LogP contribution in [0.5, 0.6) is 0 Å². The third-order valence-corrected chi connectivity index (χ3v) is 4.10. The maximum Gasteiger partial charge on any atom is 0.313 e. The van der Waals surface area contributed by atoms with Crippen LogP contribution >= 0.6 is 0 Å². The normalized spacial score (nSPS) is 17.7. The minimum absolute atomic E-state index is 0.0908. The number of ether oxygens (including phenoxy) is 1. The van der Waals surface area contributed by atoms with Crippen LogP contribution in [0.25, 0.3) is 0 Å². The first-order valence-electron chi connectivity index (χ1n) is 6.55. The van der Waals surface area contributed by atoms with Crippen LogP contribution in [0.3, 0.4) is 0 Å². The van der Waals surface area contributed by atoms with E-state index < -0.39 is 5.41 Å². The number of rotatable bonds is 6. The predicted octanol–water partition coefficient (Wildman–Crippen LogP) is 2.48. The largest absolute Gasteiger partial charge is 0.465 e. The number of esters is 1. The fraction of sp³-hybridized carbons (Fsp3) is 0.923. The Morgan fingerprint density at radius 2 is 1.88 bits per heavy atom. The molecule has 0 unspecified atom stereocenters. The first-order chi connectivity index (χ1) is 7.68. The highest BCUT2D eigenvalue weighted by atomic mass is 16.5. The van der Waals surface area contributed by atoms with E-state index in [0.29, 0.717) is 19.1 Å². The third kappa shape index (κ3) is 2.97. The van der Waals surface area contributed by atoms with Gasteiger partial charge in [-0.05, 0) is 31.6 Å². The third-order valence-electron chi connectivity index (χ3n) is 4.10. The van der Waals surface area contributed by atoms with Crippen LogP contribution in [-0.4, -0.2) is 19.1 Å². The van der Waals surface area contributed by atoms with Crippen molar-refractivity contribution in [3.8, 4) is 0 Å². The molecule has 0 saturated heterocycles. The van der Waals surface area contributed by atoms with E-state index >= 15 is 0 Å². The lowest BCUT2D eigenvalue weighted by Gasteiger charge is -2.28. The van der Waals surface area contributed by atoms with E-state index in [1.165, 1.54) is 25.7 Å². The first kappa shape index (κ1) is 13.5. The molecule has 94 valence electrons. The highest BCUT2D eigenvalue weighted by Crippen LogP contribution is 2.29. The van der Waals surface area contributed by atoms with Gasteiger partial charge in [0, 0.05) is 6.54 Å². The van der Waals surface area contributed by atoms with Gasteiger partial charge >= 0.3 is 5.97 Å². The Labute approximate surface area is 98.7 Å². The second-order valence-electron chi connectivity index (χ2n) is 4.94. The SMILES string of the molecule is CCC(CC)(CN)C(=O)OCC1CCCC1. The number of carbonyl (C=O) groups is 1. The Kier molecular flexibility index (Phi) is 5.26. The highest BCUT2D eigenvalue weighted by Gasteiger charge is 2.35. The summed E-state index contributed by atoms with van der Waals surface area (Å²) in [5, 5.41) is 0. The van der Waals surface area contributed by atoms with Crippen molar-refractivity contribution in [2.75, 3.05) is 13.2 Å².